The summed E-state index contributed by atoms with van der Waals surface area (Å²) in [5.41, 5.74) is 1.11. The van der Waals surface area contributed by atoms with Gasteiger partial charge in [-0.2, -0.15) is 0 Å². The molecule has 1 fully saturated rings. The Bertz CT molecular complexity index is 291. The van der Waals surface area contributed by atoms with Gasteiger partial charge in [-0.3, -0.25) is 0 Å². The quantitative estimate of drug-likeness (QED) is 0.821. The SMILES string of the molecule is Br.Br.Oc1cccc(N2CCNCC2)c1. The second-order valence-corrected chi connectivity index (χ2v) is 3.26. The number of anilines is 1. The van der Waals surface area contributed by atoms with E-state index in [2.05, 4.69) is 10.2 Å². The fourth-order valence-corrected chi connectivity index (χ4v) is 1.61. The number of benzene rings is 1. The van der Waals surface area contributed by atoms with Crippen LogP contribution in [-0.2, 0) is 0 Å². The highest BCUT2D eigenvalue weighted by Gasteiger charge is 2.09. The van der Waals surface area contributed by atoms with Crippen LogP contribution < -0.4 is 10.2 Å². The molecule has 2 N–H and O–H groups in total. The first-order valence-electron chi connectivity index (χ1n) is 4.61. The van der Waals surface area contributed by atoms with Crippen LogP contribution >= 0.6 is 34.0 Å². The predicted octanol–water partition coefficient (Wildman–Crippen LogP) is 1.96. The van der Waals surface area contributed by atoms with Gasteiger partial charge in [-0.25, -0.2) is 0 Å². The lowest BCUT2D eigenvalue weighted by Gasteiger charge is -2.29. The molecule has 15 heavy (non-hydrogen) atoms. The zero-order valence-corrected chi connectivity index (χ0v) is 11.8. The van der Waals surface area contributed by atoms with Gasteiger partial charge in [0.1, 0.15) is 5.75 Å². The van der Waals surface area contributed by atoms with Crippen LogP contribution in [0.15, 0.2) is 24.3 Å². The number of aromatic hydroxyl groups is 1. The van der Waals surface area contributed by atoms with E-state index in [-0.39, 0.29) is 34.0 Å². The van der Waals surface area contributed by atoms with Gasteiger partial charge in [0.2, 0.25) is 0 Å². The third-order valence-corrected chi connectivity index (χ3v) is 2.31. The highest BCUT2D eigenvalue weighted by molar-refractivity contribution is 8.93. The van der Waals surface area contributed by atoms with Crippen LogP contribution in [-0.4, -0.2) is 31.3 Å². The molecule has 0 radical (unpaired) electrons. The molecular formula is C10H16Br2N2O. The number of rotatable bonds is 1. The van der Waals surface area contributed by atoms with Gasteiger partial charge in [-0.15, -0.1) is 34.0 Å². The molecule has 1 heterocycles. The molecule has 3 nitrogen and oxygen atoms in total. The first-order chi connectivity index (χ1) is 6.36. The molecule has 0 amide bonds. The molecule has 0 unspecified atom stereocenters. The normalized spacial score (nSPS) is 15.1. The molecular weight excluding hydrogens is 324 g/mol. The Morgan fingerprint density at radius 3 is 2.40 bits per heavy atom. The zero-order chi connectivity index (χ0) is 9.10. The van der Waals surface area contributed by atoms with Crippen LogP contribution in [0.2, 0.25) is 0 Å². The summed E-state index contributed by atoms with van der Waals surface area (Å²) in [5.74, 6) is 0.344. The number of hydrogen-bond donors (Lipinski definition) is 2. The average molecular weight is 340 g/mol. The summed E-state index contributed by atoms with van der Waals surface area (Å²) in [5, 5.41) is 12.6. The minimum atomic E-state index is 0. The lowest BCUT2D eigenvalue weighted by Crippen LogP contribution is -2.43. The summed E-state index contributed by atoms with van der Waals surface area (Å²) >= 11 is 0. The summed E-state index contributed by atoms with van der Waals surface area (Å²) in [6.45, 7) is 4.08. The number of nitrogens with one attached hydrogen (secondary N) is 1. The molecule has 1 aliphatic heterocycles. The Balaban J connectivity index is 0.000000980. The third-order valence-electron chi connectivity index (χ3n) is 2.31. The fraction of sp³-hybridized carbons (Fsp3) is 0.400. The number of phenolic OH excluding ortho intramolecular Hbond substituents is 1. The molecule has 0 bridgehead atoms. The summed E-state index contributed by atoms with van der Waals surface area (Å²) < 4.78 is 0. The van der Waals surface area contributed by atoms with Crippen molar-refractivity contribution in [2.45, 2.75) is 0 Å². The van der Waals surface area contributed by atoms with E-state index < -0.39 is 0 Å². The lowest BCUT2D eigenvalue weighted by molar-refractivity contribution is 0.475. The molecule has 5 heteroatoms. The molecule has 1 aliphatic rings. The van der Waals surface area contributed by atoms with Crippen LogP contribution in [0.4, 0.5) is 5.69 Å². The topological polar surface area (TPSA) is 35.5 Å². The highest BCUT2D eigenvalue weighted by Crippen LogP contribution is 2.19. The molecule has 0 saturated carbocycles. The van der Waals surface area contributed by atoms with E-state index in [9.17, 15) is 5.11 Å². The molecule has 0 spiro atoms. The van der Waals surface area contributed by atoms with Crippen LogP contribution in [0.5, 0.6) is 5.75 Å². The molecule has 1 aromatic carbocycles. The number of nitrogens with zero attached hydrogens (tertiary/aromatic N) is 1. The van der Waals surface area contributed by atoms with Crippen molar-refractivity contribution < 1.29 is 5.11 Å². The Hall–Kier alpha value is -0.260. The second kappa shape index (κ2) is 7.09. The van der Waals surface area contributed by atoms with E-state index in [4.69, 9.17) is 0 Å². The van der Waals surface area contributed by atoms with Gasteiger partial charge in [-0.1, -0.05) is 6.07 Å². The molecule has 2 rings (SSSR count). The maximum absolute atomic E-state index is 9.30. The van der Waals surface area contributed by atoms with Gasteiger partial charge in [-0.05, 0) is 12.1 Å². The summed E-state index contributed by atoms with van der Waals surface area (Å²) in [7, 11) is 0. The first-order valence-corrected chi connectivity index (χ1v) is 4.61. The van der Waals surface area contributed by atoms with Gasteiger partial charge >= 0.3 is 0 Å². The Morgan fingerprint density at radius 2 is 1.80 bits per heavy atom. The smallest absolute Gasteiger partial charge is 0.117 e. The Morgan fingerprint density at radius 1 is 1.13 bits per heavy atom. The molecule has 0 aliphatic carbocycles. The minimum absolute atomic E-state index is 0. The van der Waals surface area contributed by atoms with E-state index in [1.165, 1.54) is 0 Å². The van der Waals surface area contributed by atoms with Crippen molar-refractivity contribution in [2.24, 2.45) is 0 Å². The Kier molecular flexibility index (Phi) is 6.96. The predicted molar refractivity (Wildman–Crippen MR) is 73.8 cm³/mol. The van der Waals surface area contributed by atoms with Crippen molar-refractivity contribution in [3.8, 4) is 5.75 Å². The van der Waals surface area contributed by atoms with E-state index in [1.807, 2.05) is 18.2 Å². The standard InChI is InChI=1S/C10H14N2O.2BrH/c13-10-3-1-2-9(8-10)12-6-4-11-5-7-12;;/h1-3,8,11,13H,4-7H2;2*1H. The largest absolute Gasteiger partial charge is 0.508 e. The van der Waals surface area contributed by atoms with E-state index in [0.29, 0.717) is 5.75 Å². The van der Waals surface area contributed by atoms with Crippen molar-refractivity contribution in [1.82, 2.24) is 5.32 Å². The van der Waals surface area contributed by atoms with Crippen LogP contribution in [0.3, 0.4) is 0 Å². The van der Waals surface area contributed by atoms with Crippen molar-refractivity contribution in [2.75, 3.05) is 31.1 Å². The van der Waals surface area contributed by atoms with Crippen LogP contribution in [0.1, 0.15) is 0 Å². The third kappa shape index (κ3) is 4.01. The number of hydrogen-bond acceptors (Lipinski definition) is 3. The van der Waals surface area contributed by atoms with Crippen molar-refractivity contribution >= 4 is 39.7 Å². The van der Waals surface area contributed by atoms with Gasteiger partial charge in [0.15, 0.2) is 0 Å². The summed E-state index contributed by atoms with van der Waals surface area (Å²) in [4.78, 5) is 2.27. The Labute approximate surface area is 111 Å². The van der Waals surface area contributed by atoms with E-state index in [1.54, 1.807) is 6.07 Å². The average Bonchev–Trinajstić information content (AvgIpc) is 2.19. The zero-order valence-electron chi connectivity index (χ0n) is 8.35. The molecule has 0 atom stereocenters. The molecule has 86 valence electrons. The number of piperazine rings is 1. The van der Waals surface area contributed by atoms with E-state index >= 15 is 0 Å². The van der Waals surface area contributed by atoms with Crippen molar-refractivity contribution in [3.05, 3.63) is 24.3 Å². The fourth-order valence-electron chi connectivity index (χ4n) is 1.61. The van der Waals surface area contributed by atoms with E-state index in [0.717, 1.165) is 31.9 Å². The maximum atomic E-state index is 9.30. The second-order valence-electron chi connectivity index (χ2n) is 3.26. The monoisotopic (exact) mass is 338 g/mol. The van der Waals surface area contributed by atoms with Gasteiger partial charge in [0.25, 0.3) is 0 Å². The van der Waals surface area contributed by atoms with Crippen LogP contribution in [0, 0.1) is 0 Å². The lowest BCUT2D eigenvalue weighted by atomic mass is 10.2. The number of phenols is 1. The highest BCUT2D eigenvalue weighted by atomic mass is 79.9. The minimum Gasteiger partial charge on any atom is -0.508 e. The maximum Gasteiger partial charge on any atom is 0.117 e. The van der Waals surface area contributed by atoms with Gasteiger partial charge in [0, 0.05) is 37.9 Å². The first kappa shape index (κ1) is 14.7. The summed E-state index contributed by atoms with van der Waals surface area (Å²) in [6.07, 6.45) is 0. The van der Waals surface area contributed by atoms with Crippen LogP contribution in [0.25, 0.3) is 0 Å². The van der Waals surface area contributed by atoms with Gasteiger partial charge < -0.3 is 15.3 Å². The van der Waals surface area contributed by atoms with Crippen molar-refractivity contribution in [3.63, 3.8) is 0 Å². The van der Waals surface area contributed by atoms with Crippen molar-refractivity contribution in [1.29, 1.82) is 0 Å². The molecule has 0 aromatic heterocycles. The molecule has 1 aromatic rings. The number of halogens is 2. The summed E-state index contributed by atoms with van der Waals surface area (Å²) in [6, 6.07) is 7.43. The molecule has 1 saturated heterocycles. The van der Waals surface area contributed by atoms with Gasteiger partial charge in [0.05, 0.1) is 0 Å².